The summed E-state index contributed by atoms with van der Waals surface area (Å²) in [5.74, 6) is -0.409. The first-order valence-corrected chi connectivity index (χ1v) is 7.49. The number of rotatable bonds is 5. The zero-order chi connectivity index (χ0) is 15.7. The molecule has 1 heterocycles. The van der Waals surface area contributed by atoms with E-state index in [0.717, 1.165) is 12.8 Å². The van der Waals surface area contributed by atoms with Gasteiger partial charge in [0.05, 0.1) is 5.92 Å². The highest BCUT2D eigenvalue weighted by Gasteiger charge is 2.35. The van der Waals surface area contributed by atoms with Gasteiger partial charge in [-0.25, -0.2) is 0 Å². The Balaban J connectivity index is 1.79. The Hall–Kier alpha value is -2.24. The molecular weight excluding hydrogens is 286 g/mol. The van der Waals surface area contributed by atoms with Crippen LogP contribution in [0.2, 0.25) is 0 Å². The van der Waals surface area contributed by atoms with Crippen molar-refractivity contribution in [3.63, 3.8) is 0 Å². The number of carboxylic acid groups (broad SMARTS) is 1. The highest BCUT2D eigenvalue weighted by atomic mass is 16.6. The fraction of sp³-hybridized carbons (Fsp3) is 0.500. The minimum atomic E-state index is -0.888. The highest BCUT2D eigenvalue weighted by Crippen LogP contribution is 2.33. The van der Waals surface area contributed by atoms with E-state index in [1.54, 1.807) is 30.0 Å². The minimum absolute atomic E-state index is 0.146. The molecule has 2 aliphatic rings. The van der Waals surface area contributed by atoms with E-state index in [4.69, 9.17) is 14.6 Å². The average Bonchev–Trinajstić information content (AvgIpc) is 3.35. The van der Waals surface area contributed by atoms with E-state index >= 15 is 0 Å². The molecule has 1 atom stereocenters. The van der Waals surface area contributed by atoms with Gasteiger partial charge in [0.15, 0.2) is 11.5 Å². The summed E-state index contributed by atoms with van der Waals surface area (Å²) in [6.45, 7) is 2.82. The van der Waals surface area contributed by atoms with Gasteiger partial charge in [-0.1, -0.05) is 6.92 Å². The van der Waals surface area contributed by atoms with Gasteiger partial charge in [-0.3, -0.25) is 9.59 Å². The third kappa shape index (κ3) is 3.00. The number of carboxylic acids is 1. The van der Waals surface area contributed by atoms with Crippen molar-refractivity contribution in [3.8, 4) is 11.5 Å². The van der Waals surface area contributed by atoms with Crippen LogP contribution in [0.5, 0.6) is 11.5 Å². The van der Waals surface area contributed by atoms with Crippen molar-refractivity contribution in [2.45, 2.75) is 25.8 Å². The van der Waals surface area contributed by atoms with Gasteiger partial charge in [0, 0.05) is 18.2 Å². The molecule has 0 bridgehead atoms. The van der Waals surface area contributed by atoms with Gasteiger partial charge in [-0.05, 0) is 31.0 Å². The van der Waals surface area contributed by atoms with Crippen LogP contribution in [-0.4, -0.2) is 47.7 Å². The van der Waals surface area contributed by atoms with Crippen LogP contribution in [-0.2, 0) is 4.79 Å². The summed E-state index contributed by atoms with van der Waals surface area (Å²) in [5, 5.41) is 9.07. The van der Waals surface area contributed by atoms with Gasteiger partial charge in [-0.2, -0.15) is 0 Å². The van der Waals surface area contributed by atoms with Crippen LogP contribution in [0.3, 0.4) is 0 Å². The molecule has 1 aromatic rings. The molecule has 0 radical (unpaired) electrons. The lowest BCUT2D eigenvalue weighted by Gasteiger charge is -2.25. The van der Waals surface area contributed by atoms with E-state index in [1.165, 1.54) is 0 Å². The lowest BCUT2D eigenvalue weighted by atomic mass is 10.1. The van der Waals surface area contributed by atoms with E-state index in [9.17, 15) is 9.59 Å². The Morgan fingerprint density at radius 2 is 1.95 bits per heavy atom. The number of hydrogen-bond acceptors (Lipinski definition) is 4. The topological polar surface area (TPSA) is 76.1 Å². The number of aliphatic carboxylic acids is 1. The molecule has 1 N–H and O–H groups in total. The quantitative estimate of drug-likeness (QED) is 0.897. The first kappa shape index (κ1) is 14.7. The van der Waals surface area contributed by atoms with Crippen LogP contribution < -0.4 is 9.47 Å². The maximum atomic E-state index is 12.7. The monoisotopic (exact) mass is 305 g/mol. The van der Waals surface area contributed by atoms with Gasteiger partial charge >= 0.3 is 5.97 Å². The second-order valence-corrected chi connectivity index (χ2v) is 5.79. The van der Waals surface area contributed by atoms with E-state index in [0.29, 0.717) is 30.3 Å². The van der Waals surface area contributed by atoms with E-state index in [-0.39, 0.29) is 18.5 Å². The number of amides is 1. The summed E-state index contributed by atoms with van der Waals surface area (Å²) in [4.78, 5) is 25.4. The molecule has 1 aromatic carbocycles. The first-order chi connectivity index (χ1) is 10.6. The summed E-state index contributed by atoms with van der Waals surface area (Å²) in [6, 6.07) is 5.27. The largest absolute Gasteiger partial charge is 0.486 e. The van der Waals surface area contributed by atoms with Crippen molar-refractivity contribution in [2.75, 3.05) is 19.8 Å². The standard InChI is InChI=1S/C16H19NO5/c1-10(16(19)20)9-17(12-3-4-12)15(18)11-2-5-13-14(8-11)22-7-6-21-13/h2,5,8,10,12H,3-4,6-7,9H2,1H3,(H,19,20). The summed E-state index contributed by atoms with van der Waals surface area (Å²) >= 11 is 0. The van der Waals surface area contributed by atoms with E-state index in [1.807, 2.05) is 0 Å². The normalized spacial score (nSPS) is 17.7. The van der Waals surface area contributed by atoms with Crippen LogP contribution in [0.4, 0.5) is 0 Å². The average molecular weight is 305 g/mol. The third-order valence-corrected chi connectivity index (χ3v) is 3.93. The number of fused-ring (bicyclic) bond motifs is 1. The Morgan fingerprint density at radius 1 is 1.27 bits per heavy atom. The van der Waals surface area contributed by atoms with Crippen LogP contribution in [0.15, 0.2) is 18.2 Å². The molecule has 22 heavy (non-hydrogen) atoms. The summed E-state index contributed by atoms with van der Waals surface area (Å²) < 4.78 is 10.9. The molecule has 1 amide bonds. The molecule has 6 nitrogen and oxygen atoms in total. The molecule has 0 saturated heterocycles. The van der Waals surface area contributed by atoms with Crippen LogP contribution in [0.1, 0.15) is 30.1 Å². The molecule has 0 spiro atoms. The minimum Gasteiger partial charge on any atom is -0.486 e. The van der Waals surface area contributed by atoms with Gasteiger partial charge in [0.1, 0.15) is 13.2 Å². The van der Waals surface area contributed by atoms with Crippen molar-refractivity contribution in [2.24, 2.45) is 5.92 Å². The molecule has 3 rings (SSSR count). The molecule has 1 saturated carbocycles. The SMILES string of the molecule is CC(CN(C(=O)c1ccc2c(c1)OCCO2)C1CC1)C(=O)O. The number of carbonyl (C=O) groups is 2. The summed E-state index contributed by atoms with van der Waals surface area (Å²) in [7, 11) is 0. The third-order valence-electron chi connectivity index (χ3n) is 3.93. The Bertz CT molecular complexity index is 596. The van der Waals surface area contributed by atoms with Gasteiger partial charge < -0.3 is 19.5 Å². The van der Waals surface area contributed by atoms with Crippen LogP contribution >= 0.6 is 0 Å². The Morgan fingerprint density at radius 3 is 2.59 bits per heavy atom. The van der Waals surface area contributed by atoms with Crippen molar-refractivity contribution in [1.82, 2.24) is 4.90 Å². The fourth-order valence-electron chi connectivity index (χ4n) is 2.50. The van der Waals surface area contributed by atoms with Crippen LogP contribution in [0, 0.1) is 5.92 Å². The summed E-state index contributed by atoms with van der Waals surface area (Å²) in [5.41, 5.74) is 0.508. The lowest BCUT2D eigenvalue weighted by Crippen LogP contribution is -2.38. The molecule has 1 fully saturated rings. The van der Waals surface area contributed by atoms with Crippen molar-refractivity contribution in [1.29, 1.82) is 0 Å². The molecular formula is C16H19NO5. The second-order valence-electron chi connectivity index (χ2n) is 5.79. The van der Waals surface area contributed by atoms with E-state index < -0.39 is 11.9 Å². The maximum absolute atomic E-state index is 12.7. The molecule has 6 heteroatoms. The van der Waals surface area contributed by atoms with E-state index in [2.05, 4.69) is 0 Å². The number of nitrogens with zero attached hydrogens (tertiary/aromatic N) is 1. The molecule has 1 aliphatic heterocycles. The molecule has 1 unspecified atom stereocenters. The highest BCUT2D eigenvalue weighted by molar-refractivity contribution is 5.95. The zero-order valence-electron chi connectivity index (χ0n) is 12.4. The summed E-state index contributed by atoms with van der Waals surface area (Å²) in [6.07, 6.45) is 1.87. The molecule has 118 valence electrons. The van der Waals surface area contributed by atoms with Crippen molar-refractivity contribution >= 4 is 11.9 Å². The maximum Gasteiger partial charge on any atom is 0.308 e. The number of ether oxygens (including phenoxy) is 2. The fourth-order valence-corrected chi connectivity index (χ4v) is 2.50. The van der Waals surface area contributed by atoms with Gasteiger partial charge in [0.25, 0.3) is 5.91 Å². The number of hydrogen-bond donors (Lipinski definition) is 1. The van der Waals surface area contributed by atoms with Crippen molar-refractivity contribution in [3.05, 3.63) is 23.8 Å². The second kappa shape index (κ2) is 5.87. The Kier molecular flexibility index (Phi) is 3.92. The van der Waals surface area contributed by atoms with Crippen molar-refractivity contribution < 1.29 is 24.2 Å². The smallest absolute Gasteiger partial charge is 0.308 e. The number of carbonyl (C=O) groups excluding carboxylic acids is 1. The zero-order valence-corrected chi connectivity index (χ0v) is 12.4. The molecule has 0 aromatic heterocycles. The predicted molar refractivity (Wildman–Crippen MR) is 78.3 cm³/mol. The van der Waals surface area contributed by atoms with Gasteiger partial charge in [-0.15, -0.1) is 0 Å². The Labute approximate surface area is 128 Å². The predicted octanol–water partition coefficient (Wildman–Crippen LogP) is 1.78. The number of benzene rings is 1. The van der Waals surface area contributed by atoms with Crippen LogP contribution in [0.25, 0.3) is 0 Å². The molecule has 1 aliphatic carbocycles. The lowest BCUT2D eigenvalue weighted by molar-refractivity contribution is -0.141. The van der Waals surface area contributed by atoms with Gasteiger partial charge in [0.2, 0.25) is 0 Å². The first-order valence-electron chi connectivity index (χ1n) is 7.49.